The first-order valence-corrected chi connectivity index (χ1v) is 5.93. The number of ether oxygens (including phenoxy) is 1. The summed E-state index contributed by atoms with van der Waals surface area (Å²) in [6.07, 6.45) is 0. The Hall–Kier alpha value is -1.06. The third-order valence-electron chi connectivity index (χ3n) is 1.97. The maximum atomic E-state index is 5.74. The van der Waals surface area contributed by atoms with Gasteiger partial charge in [0.2, 0.25) is 5.88 Å². The standard InChI is InChI=1S/C11H10ClNOS/c12-6-10-8-15-13-11(10)14-7-9-4-2-1-3-5-9/h1-5,8H,6-7H2. The van der Waals surface area contributed by atoms with E-state index in [-0.39, 0.29) is 0 Å². The van der Waals surface area contributed by atoms with Crippen molar-refractivity contribution < 1.29 is 4.74 Å². The van der Waals surface area contributed by atoms with Crippen molar-refractivity contribution in [2.75, 3.05) is 0 Å². The zero-order chi connectivity index (χ0) is 10.5. The van der Waals surface area contributed by atoms with Gasteiger partial charge in [-0.05, 0) is 17.1 Å². The highest BCUT2D eigenvalue weighted by Crippen LogP contribution is 2.21. The van der Waals surface area contributed by atoms with E-state index in [1.54, 1.807) is 0 Å². The Bertz CT molecular complexity index is 416. The van der Waals surface area contributed by atoms with Crippen molar-refractivity contribution in [1.29, 1.82) is 0 Å². The van der Waals surface area contributed by atoms with Crippen LogP contribution in [0.2, 0.25) is 0 Å². The second-order valence-electron chi connectivity index (χ2n) is 3.05. The first-order chi connectivity index (χ1) is 7.40. The van der Waals surface area contributed by atoms with Crippen LogP contribution in [0, 0.1) is 0 Å². The summed E-state index contributed by atoms with van der Waals surface area (Å²) in [6, 6.07) is 10.0. The van der Waals surface area contributed by atoms with Gasteiger partial charge in [0.15, 0.2) is 0 Å². The molecule has 4 heteroatoms. The Morgan fingerprint density at radius 2 is 2.07 bits per heavy atom. The van der Waals surface area contributed by atoms with Crippen LogP contribution in [0.15, 0.2) is 35.7 Å². The normalized spacial score (nSPS) is 10.2. The lowest BCUT2D eigenvalue weighted by molar-refractivity contribution is 0.295. The molecule has 1 aromatic carbocycles. The van der Waals surface area contributed by atoms with Crippen LogP contribution in [-0.4, -0.2) is 4.37 Å². The Labute approximate surface area is 97.6 Å². The maximum Gasteiger partial charge on any atom is 0.229 e. The highest BCUT2D eigenvalue weighted by atomic mass is 35.5. The fourth-order valence-corrected chi connectivity index (χ4v) is 2.09. The quantitative estimate of drug-likeness (QED) is 0.763. The molecule has 0 saturated heterocycles. The number of hydrogen-bond donors (Lipinski definition) is 0. The number of rotatable bonds is 4. The minimum absolute atomic E-state index is 0.445. The second kappa shape index (κ2) is 5.14. The molecular formula is C11H10ClNOS. The van der Waals surface area contributed by atoms with Gasteiger partial charge in [0.25, 0.3) is 0 Å². The summed E-state index contributed by atoms with van der Waals surface area (Å²) in [6.45, 7) is 0.536. The summed E-state index contributed by atoms with van der Waals surface area (Å²) in [5, 5.41) is 1.91. The van der Waals surface area contributed by atoms with Crippen LogP contribution >= 0.6 is 23.1 Å². The van der Waals surface area contributed by atoms with Crippen LogP contribution < -0.4 is 4.74 Å². The van der Waals surface area contributed by atoms with E-state index in [9.17, 15) is 0 Å². The SMILES string of the molecule is ClCc1csnc1OCc1ccccc1. The molecule has 2 aromatic rings. The lowest BCUT2D eigenvalue weighted by Gasteiger charge is -2.04. The van der Waals surface area contributed by atoms with Crippen molar-refractivity contribution in [3.8, 4) is 5.88 Å². The Balaban J connectivity index is 1.99. The summed E-state index contributed by atoms with van der Waals surface area (Å²) in [5.74, 6) is 1.10. The number of aromatic nitrogens is 1. The van der Waals surface area contributed by atoms with Crippen LogP contribution in [0.3, 0.4) is 0 Å². The lowest BCUT2D eigenvalue weighted by atomic mass is 10.2. The zero-order valence-corrected chi connectivity index (χ0v) is 9.59. The molecule has 2 rings (SSSR count). The van der Waals surface area contributed by atoms with Gasteiger partial charge in [0, 0.05) is 10.9 Å². The van der Waals surface area contributed by atoms with Gasteiger partial charge in [-0.3, -0.25) is 0 Å². The smallest absolute Gasteiger partial charge is 0.229 e. The van der Waals surface area contributed by atoms with Gasteiger partial charge in [-0.25, -0.2) is 0 Å². The Morgan fingerprint density at radius 1 is 1.27 bits per heavy atom. The molecule has 15 heavy (non-hydrogen) atoms. The molecule has 1 aromatic heterocycles. The van der Waals surface area contributed by atoms with Gasteiger partial charge in [0.05, 0.1) is 5.88 Å². The monoisotopic (exact) mass is 239 g/mol. The van der Waals surface area contributed by atoms with E-state index >= 15 is 0 Å². The largest absolute Gasteiger partial charge is 0.472 e. The molecule has 0 aliphatic heterocycles. The van der Waals surface area contributed by atoms with Crippen molar-refractivity contribution in [1.82, 2.24) is 4.37 Å². The van der Waals surface area contributed by atoms with Crippen molar-refractivity contribution in [3.05, 3.63) is 46.8 Å². The molecule has 0 unspecified atom stereocenters. The lowest BCUT2D eigenvalue weighted by Crippen LogP contribution is -1.96. The van der Waals surface area contributed by atoms with Crippen LogP contribution in [0.4, 0.5) is 0 Å². The fourth-order valence-electron chi connectivity index (χ4n) is 1.18. The molecule has 1 heterocycles. The molecule has 2 nitrogen and oxygen atoms in total. The molecule has 0 radical (unpaired) electrons. The van der Waals surface area contributed by atoms with Crippen LogP contribution in [0.5, 0.6) is 5.88 Å². The number of nitrogens with zero attached hydrogens (tertiary/aromatic N) is 1. The summed E-state index contributed by atoms with van der Waals surface area (Å²) in [5.41, 5.74) is 2.09. The maximum absolute atomic E-state index is 5.74. The summed E-state index contributed by atoms with van der Waals surface area (Å²) in [4.78, 5) is 0. The van der Waals surface area contributed by atoms with E-state index in [4.69, 9.17) is 16.3 Å². The average molecular weight is 240 g/mol. The third-order valence-corrected chi connectivity index (χ3v) is 2.92. The molecule has 0 saturated carbocycles. The molecule has 0 aliphatic carbocycles. The molecule has 0 amide bonds. The van der Waals surface area contributed by atoms with E-state index < -0.39 is 0 Å². The van der Waals surface area contributed by atoms with Crippen LogP contribution in [-0.2, 0) is 12.5 Å². The molecule has 0 aliphatic rings. The number of alkyl halides is 1. The second-order valence-corrected chi connectivity index (χ2v) is 3.95. The number of halogens is 1. The number of hydrogen-bond acceptors (Lipinski definition) is 3. The average Bonchev–Trinajstić information content (AvgIpc) is 2.75. The van der Waals surface area contributed by atoms with Gasteiger partial charge in [-0.15, -0.1) is 11.6 Å². The minimum atomic E-state index is 0.445. The van der Waals surface area contributed by atoms with E-state index in [1.807, 2.05) is 35.7 Å². The Kier molecular flexibility index (Phi) is 3.59. The van der Waals surface area contributed by atoms with Crippen molar-refractivity contribution in [2.24, 2.45) is 0 Å². The van der Waals surface area contributed by atoms with E-state index in [2.05, 4.69) is 4.37 Å². The zero-order valence-electron chi connectivity index (χ0n) is 8.02. The Morgan fingerprint density at radius 3 is 2.80 bits per heavy atom. The van der Waals surface area contributed by atoms with Crippen molar-refractivity contribution in [2.45, 2.75) is 12.5 Å². The van der Waals surface area contributed by atoms with Gasteiger partial charge < -0.3 is 4.74 Å². The predicted molar refractivity (Wildman–Crippen MR) is 62.4 cm³/mol. The van der Waals surface area contributed by atoms with E-state index in [0.29, 0.717) is 18.4 Å². The fraction of sp³-hybridized carbons (Fsp3) is 0.182. The molecular weight excluding hydrogens is 230 g/mol. The van der Waals surface area contributed by atoms with Gasteiger partial charge >= 0.3 is 0 Å². The van der Waals surface area contributed by atoms with Crippen molar-refractivity contribution >= 4 is 23.1 Å². The number of benzene rings is 1. The van der Waals surface area contributed by atoms with Gasteiger partial charge in [0.1, 0.15) is 6.61 Å². The molecule has 0 spiro atoms. The van der Waals surface area contributed by atoms with Gasteiger partial charge in [-0.1, -0.05) is 30.3 Å². The highest BCUT2D eigenvalue weighted by Gasteiger charge is 2.05. The first kappa shape index (κ1) is 10.5. The molecule has 0 N–H and O–H groups in total. The highest BCUT2D eigenvalue weighted by molar-refractivity contribution is 7.03. The summed E-state index contributed by atoms with van der Waals surface area (Å²) < 4.78 is 9.71. The predicted octanol–water partition coefficient (Wildman–Crippen LogP) is 3.46. The third kappa shape index (κ3) is 2.70. The van der Waals surface area contributed by atoms with Crippen LogP contribution in [0.1, 0.15) is 11.1 Å². The first-order valence-electron chi connectivity index (χ1n) is 4.56. The van der Waals surface area contributed by atoms with E-state index in [1.165, 1.54) is 11.5 Å². The molecule has 0 bridgehead atoms. The van der Waals surface area contributed by atoms with Gasteiger partial charge in [-0.2, -0.15) is 4.37 Å². The topological polar surface area (TPSA) is 22.1 Å². The van der Waals surface area contributed by atoms with Crippen LogP contribution in [0.25, 0.3) is 0 Å². The molecule has 0 fully saturated rings. The van der Waals surface area contributed by atoms with E-state index in [0.717, 1.165) is 11.1 Å². The minimum Gasteiger partial charge on any atom is -0.472 e. The summed E-state index contributed by atoms with van der Waals surface area (Å²) in [7, 11) is 0. The molecule has 78 valence electrons. The molecule has 0 atom stereocenters. The van der Waals surface area contributed by atoms with Crippen molar-refractivity contribution in [3.63, 3.8) is 0 Å². The summed E-state index contributed by atoms with van der Waals surface area (Å²) >= 11 is 7.11.